The highest BCUT2D eigenvalue weighted by Crippen LogP contribution is 2.82. The summed E-state index contributed by atoms with van der Waals surface area (Å²) in [5.74, 6) is -0.418. The number of fused-ring (bicyclic) bond motifs is 1. The molecule has 0 amide bonds. The van der Waals surface area contributed by atoms with Crippen LogP contribution in [0.3, 0.4) is 0 Å². The molecule has 3 spiro atoms. The summed E-state index contributed by atoms with van der Waals surface area (Å²) >= 11 is 0. The molecule has 5 saturated carbocycles. The largest absolute Gasteiger partial charge is 0.459 e. The lowest BCUT2D eigenvalue weighted by Crippen LogP contribution is -2.85. The predicted octanol–water partition coefficient (Wildman–Crippen LogP) is 0.960. The van der Waals surface area contributed by atoms with Crippen molar-refractivity contribution in [2.75, 3.05) is 41.2 Å². The number of piperidine rings is 1. The number of methoxy groups -OCH3 is 3. The van der Waals surface area contributed by atoms with Gasteiger partial charge in [-0.1, -0.05) is 6.92 Å². The van der Waals surface area contributed by atoms with Gasteiger partial charge >= 0.3 is 5.97 Å². The molecule has 2 saturated heterocycles. The first kappa shape index (κ1) is 23.3. The molecule has 0 radical (unpaired) electrons. The maximum atomic E-state index is 13.3. The molecule has 7 rings (SSSR count). The Labute approximate surface area is 206 Å². The lowest BCUT2D eigenvalue weighted by Gasteiger charge is -2.70. The zero-order valence-corrected chi connectivity index (χ0v) is 21.4. The third-order valence-corrected chi connectivity index (χ3v) is 11.7. The van der Waals surface area contributed by atoms with Crippen LogP contribution in [-0.2, 0) is 33.2 Å². The second-order valence-electron chi connectivity index (χ2n) is 12.1. The normalized spacial score (nSPS) is 59.4. The minimum Gasteiger partial charge on any atom is -0.459 e. The number of carbonyl (C=O) groups excluding carboxylic acids is 1. The van der Waals surface area contributed by atoms with Gasteiger partial charge in [-0.25, -0.2) is 0 Å². The second kappa shape index (κ2) is 7.18. The van der Waals surface area contributed by atoms with Crippen LogP contribution in [0.1, 0.15) is 39.5 Å². The molecule has 2 heterocycles. The maximum Gasteiger partial charge on any atom is 0.303 e. The molecule has 9 nitrogen and oxygen atoms in total. The van der Waals surface area contributed by atoms with Gasteiger partial charge in [0.2, 0.25) is 0 Å². The van der Waals surface area contributed by atoms with E-state index in [1.807, 2.05) is 0 Å². The second-order valence-corrected chi connectivity index (χ2v) is 12.1. The van der Waals surface area contributed by atoms with Gasteiger partial charge in [-0.15, -0.1) is 0 Å². The molecular weight excluding hydrogens is 454 g/mol. The molecule has 5 aliphatic carbocycles. The van der Waals surface area contributed by atoms with E-state index in [2.05, 4.69) is 11.8 Å². The number of carbonyl (C=O) groups is 1. The summed E-state index contributed by atoms with van der Waals surface area (Å²) in [5, 5.41) is 13.3. The van der Waals surface area contributed by atoms with E-state index in [-0.39, 0.29) is 60.8 Å². The molecule has 9 heteroatoms. The third kappa shape index (κ3) is 2.16. The van der Waals surface area contributed by atoms with Crippen molar-refractivity contribution in [3.63, 3.8) is 0 Å². The fourth-order valence-electron chi connectivity index (χ4n) is 11.3. The quantitative estimate of drug-likeness (QED) is 0.562. The van der Waals surface area contributed by atoms with Crippen LogP contribution in [0, 0.1) is 29.1 Å². The van der Waals surface area contributed by atoms with Gasteiger partial charge in [0.25, 0.3) is 0 Å². The van der Waals surface area contributed by atoms with Crippen LogP contribution in [-0.4, -0.2) is 104 Å². The number of rotatable bonds is 5. The Morgan fingerprint density at radius 2 is 1.91 bits per heavy atom. The molecule has 0 aromatic carbocycles. The lowest BCUT2D eigenvalue weighted by atomic mass is 9.43. The van der Waals surface area contributed by atoms with Gasteiger partial charge in [-0.3, -0.25) is 9.69 Å². The number of ether oxygens (including phenoxy) is 6. The molecule has 196 valence electrons. The number of esters is 1. The Hall–Kier alpha value is -0.810. The van der Waals surface area contributed by atoms with Gasteiger partial charge in [0.05, 0.1) is 35.4 Å². The van der Waals surface area contributed by atoms with E-state index < -0.39 is 28.3 Å². The molecule has 7 bridgehead atoms. The van der Waals surface area contributed by atoms with E-state index in [0.717, 1.165) is 25.9 Å². The lowest BCUT2D eigenvalue weighted by molar-refractivity contribution is -0.324. The Kier molecular flexibility index (Phi) is 4.79. The average molecular weight is 494 g/mol. The Bertz CT molecular complexity index is 933. The molecule has 35 heavy (non-hydrogen) atoms. The van der Waals surface area contributed by atoms with Gasteiger partial charge < -0.3 is 33.5 Å². The topological polar surface area (TPSA) is 95.9 Å². The van der Waals surface area contributed by atoms with E-state index in [1.165, 1.54) is 6.92 Å². The molecular formula is C26H39NO8. The van der Waals surface area contributed by atoms with Crippen LogP contribution in [0.5, 0.6) is 0 Å². The number of hydrogen-bond acceptors (Lipinski definition) is 9. The molecule has 0 unspecified atom stereocenters. The highest BCUT2D eigenvalue weighted by atomic mass is 16.7. The summed E-state index contributed by atoms with van der Waals surface area (Å²) in [6.07, 6.45) is 1.84. The highest BCUT2D eigenvalue weighted by molar-refractivity contribution is 5.67. The summed E-state index contributed by atoms with van der Waals surface area (Å²) in [6.45, 7) is 5.46. The SMILES string of the molecule is CCN1C[C@@H]2CC[C@H](OC)[C@]34[C@@H]2[C@H](OC(C)=O)[C@]2(OCO[C@@]25C[C@H](OC)[C@H]2C[C@]3(O)[C@@H]5[C@H]2OC)[C@@H]14. The molecule has 1 N–H and O–H groups in total. The number of likely N-dealkylation sites (N-methyl/N-ethyl adjacent to an activating group) is 1. The van der Waals surface area contributed by atoms with Crippen LogP contribution in [0.25, 0.3) is 0 Å². The van der Waals surface area contributed by atoms with Gasteiger partial charge in [0, 0.05) is 59.0 Å². The number of nitrogens with zero attached hydrogens (tertiary/aromatic N) is 1. The van der Waals surface area contributed by atoms with Gasteiger partial charge in [0.1, 0.15) is 18.5 Å². The Morgan fingerprint density at radius 3 is 2.57 bits per heavy atom. The van der Waals surface area contributed by atoms with Crippen molar-refractivity contribution >= 4 is 5.97 Å². The number of aliphatic hydroxyl groups is 1. The smallest absolute Gasteiger partial charge is 0.303 e. The maximum absolute atomic E-state index is 13.3. The van der Waals surface area contributed by atoms with E-state index in [4.69, 9.17) is 28.4 Å². The molecule has 0 aromatic heterocycles. The Balaban J connectivity index is 1.59. The summed E-state index contributed by atoms with van der Waals surface area (Å²) in [4.78, 5) is 15.2. The van der Waals surface area contributed by atoms with Crippen LogP contribution < -0.4 is 0 Å². The van der Waals surface area contributed by atoms with Crippen LogP contribution in [0.15, 0.2) is 0 Å². The fraction of sp³-hybridized carbons (Fsp3) is 0.962. The predicted molar refractivity (Wildman–Crippen MR) is 121 cm³/mol. The highest BCUT2D eigenvalue weighted by Gasteiger charge is 2.96. The first-order valence-electron chi connectivity index (χ1n) is 13.3. The summed E-state index contributed by atoms with van der Waals surface area (Å²) < 4.78 is 38.5. The van der Waals surface area contributed by atoms with E-state index in [0.29, 0.717) is 12.8 Å². The first-order chi connectivity index (χ1) is 16.8. The summed E-state index contributed by atoms with van der Waals surface area (Å²) in [5.41, 5.74) is -3.64. The number of likely N-dealkylation sites (tertiary alicyclic amines) is 1. The van der Waals surface area contributed by atoms with E-state index in [1.54, 1.807) is 21.3 Å². The van der Waals surface area contributed by atoms with Gasteiger partial charge in [0.15, 0.2) is 5.60 Å². The van der Waals surface area contributed by atoms with Crippen LogP contribution in [0.2, 0.25) is 0 Å². The summed E-state index contributed by atoms with van der Waals surface area (Å²) in [6, 6.07) is -0.202. The molecule has 13 atom stereocenters. The van der Waals surface area contributed by atoms with Crippen molar-refractivity contribution in [1.82, 2.24) is 4.90 Å². The third-order valence-electron chi connectivity index (χ3n) is 11.7. The van der Waals surface area contributed by atoms with Gasteiger partial charge in [-0.05, 0) is 31.7 Å². The molecule has 2 aliphatic heterocycles. The zero-order valence-electron chi connectivity index (χ0n) is 21.4. The van der Waals surface area contributed by atoms with Crippen molar-refractivity contribution in [2.24, 2.45) is 29.1 Å². The van der Waals surface area contributed by atoms with Crippen molar-refractivity contribution in [2.45, 2.75) is 86.8 Å². The zero-order chi connectivity index (χ0) is 24.5. The Morgan fingerprint density at radius 1 is 1.11 bits per heavy atom. The minimum absolute atomic E-state index is 0.0430. The van der Waals surface area contributed by atoms with E-state index in [9.17, 15) is 9.90 Å². The average Bonchev–Trinajstić information content (AvgIpc) is 3.38. The molecule has 7 fully saturated rings. The van der Waals surface area contributed by atoms with Gasteiger partial charge in [-0.2, -0.15) is 0 Å². The molecule has 7 aliphatic rings. The van der Waals surface area contributed by atoms with Crippen molar-refractivity contribution in [1.29, 1.82) is 0 Å². The summed E-state index contributed by atoms with van der Waals surface area (Å²) in [7, 11) is 5.22. The monoisotopic (exact) mass is 493 g/mol. The van der Waals surface area contributed by atoms with Crippen molar-refractivity contribution in [3.05, 3.63) is 0 Å². The van der Waals surface area contributed by atoms with Crippen molar-refractivity contribution in [3.8, 4) is 0 Å². The van der Waals surface area contributed by atoms with Crippen LogP contribution >= 0.6 is 0 Å². The standard InChI is InChI=1S/C26H39NO8/c1-6-27-11-14-7-8-17(31-4)25-18(14)21(35-13(2)28)26(22(25)27)24(33-12-34-26)10-16(30-3)15-9-23(25,29)20(24)19(15)32-5/h14-22,29H,6-12H2,1-5H3/t14-,15+,16-,17-,18-,19-,20-,21-,22-,23-,24+,25+,26-/m0/s1. The van der Waals surface area contributed by atoms with Crippen LogP contribution in [0.4, 0.5) is 0 Å². The van der Waals surface area contributed by atoms with E-state index >= 15 is 0 Å². The minimum atomic E-state index is -1.14. The fourth-order valence-corrected chi connectivity index (χ4v) is 11.3. The van der Waals surface area contributed by atoms with Crippen molar-refractivity contribution < 1.29 is 38.3 Å². The first-order valence-corrected chi connectivity index (χ1v) is 13.3. The number of hydrogen-bond donors (Lipinski definition) is 1. The molecule has 0 aromatic rings.